The maximum absolute atomic E-state index is 12.8. The third-order valence-electron chi connectivity index (χ3n) is 4.26. The average molecular weight is 357 g/mol. The molecule has 1 aliphatic heterocycles. The number of benzodiazepines with no additional fused rings is 1. The predicted molar refractivity (Wildman–Crippen MR) is 98.6 cm³/mol. The van der Waals surface area contributed by atoms with E-state index in [1.165, 1.54) is 0 Å². The summed E-state index contributed by atoms with van der Waals surface area (Å²) >= 11 is 0. The predicted octanol–water partition coefficient (Wildman–Crippen LogP) is 0.220. The molecule has 1 N–H and O–H groups in total. The summed E-state index contributed by atoms with van der Waals surface area (Å²) in [6.07, 6.45) is 1.56. The van der Waals surface area contributed by atoms with E-state index in [2.05, 4.69) is 12.2 Å². The lowest BCUT2D eigenvalue weighted by Crippen LogP contribution is -3.00. The fraction of sp³-hybridized carbons (Fsp3) is 0.300. The molecule has 0 bridgehead atoms. The Morgan fingerprint density at radius 3 is 2.48 bits per heavy atom. The van der Waals surface area contributed by atoms with Crippen molar-refractivity contribution < 1.29 is 17.2 Å². The van der Waals surface area contributed by atoms with Gasteiger partial charge >= 0.3 is 0 Å². The molecule has 2 aromatic rings. The molecule has 0 spiro atoms. The normalized spacial score (nSPS) is 16.6. The minimum absolute atomic E-state index is 0. The van der Waals surface area contributed by atoms with Crippen LogP contribution in [0.4, 0.5) is 5.69 Å². The molecule has 2 aromatic carbocycles. The van der Waals surface area contributed by atoms with Crippen LogP contribution >= 0.6 is 0 Å². The number of nitrogens with zero attached hydrogens (tertiary/aromatic N) is 2. The molecule has 0 saturated carbocycles. The molecule has 132 valence electrons. The number of amides is 1. The van der Waals surface area contributed by atoms with Gasteiger partial charge in [0.2, 0.25) is 0 Å². The Morgan fingerprint density at radius 1 is 1.08 bits per heavy atom. The number of likely N-dealkylation sites (N-methyl/N-ethyl adjacent to an activating group) is 1. The Kier molecular flexibility index (Phi) is 6.73. The number of rotatable bonds is 5. The molecular weight excluding hydrogens is 334 g/mol. The Bertz CT molecular complexity index is 746. The number of hydrogen-bond acceptors (Lipinski definition) is 3. The van der Waals surface area contributed by atoms with Gasteiger partial charge in [-0.1, -0.05) is 61.9 Å². The molecular formula is C20H23ClN3O-. The van der Waals surface area contributed by atoms with Gasteiger partial charge in [-0.2, -0.15) is 0 Å². The highest BCUT2D eigenvalue weighted by Crippen LogP contribution is 2.26. The summed E-state index contributed by atoms with van der Waals surface area (Å²) in [4.78, 5) is 19.3. The van der Waals surface area contributed by atoms with Crippen LogP contribution in [-0.2, 0) is 4.79 Å². The first-order chi connectivity index (χ1) is 11.7. The highest BCUT2D eigenvalue weighted by atomic mass is 35.5. The van der Waals surface area contributed by atoms with E-state index in [0.717, 1.165) is 41.9 Å². The zero-order chi connectivity index (χ0) is 16.9. The summed E-state index contributed by atoms with van der Waals surface area (Å²) in [5.41, 5.74) is 3.76. The molecule has 0 saturated heterocycles. The number of aliphatic imine (C=N–C) groups is 1. The standard InChI is InChI=1S/C20H23N3O.ClH/c1-3-4-14-21-19-20(24)23(2)17-13-9-8-12-16(17)18(22-19)15-10-6-5-7-11-15;/h5-13,19,21H,3-4,14H2,1-2H3;1H/p-1. The number of carbonyl (C=O) groups is 1. The van der Waals surface area contributed by atoms with Gasteiger partial charge in [-0.15, -0.1) is 0 Å². The molecule has 1 heterocycles. The van der Waals surface area contributed by atoms with E-state index < -0.39 is 6.17 Å². The first kappa shape index (κ1) is 19.2. The van der Waals surface area contributed by atoms with Gasteiger partial charge in [0.1, 0.15) is 0 Å². The summed E-state index contributed by atoms with van der Waals surface area (Å²) in [5.74, 6) is -0.0236. The van der Waals surface area contributed by atoms with Crippen molar-refractivity contribution in [3.8, 4) is 0 Å². The lowest BCUT2D eigenvalue weighted by atomic mass is 10.0. The summed E-state index contributed by atoms with van der Waals surface area (Å²) < 4.78 is 0. The number of hydrogen-bond donors (Lipinski definition) is 1. The number of benzene rings is 2. The largest absolute Gasteiger partial charge is 1.00 e. The molecule has 0 aromatic heterocycles. The molecule has 1 aliphatic rings. The van der Waals surface area contributed by atoms with Gasteiger partial charge in [-0.05, 0) is 19.0 Å². The second kappa shape index (κ2) is 8.79. The lowest BCUT2D eigenvalue weighted by molar-refractivity contribution is -0.120. The Morgan fingerprint density at radius 2 is 1.76 bits per heavy atom. The van der Waals surface area contributed by atoms with Gasteiger partial charge in [0, 0.05) is 18.2 Å². The molecule has 0 radical (unpaired) electrons. The molecule has 5 heteroatoms. The second-order valence-corrected chi connectivity index (χ2v) is 5.97. The van der Waals surface area contributed by atoms with Crippen LogP contribution in [-0.4, -0.2) is 31.4 Å². The van der Waals surface area contributed by atoms with Crippen LogP contribution in [0.1, 0.15) is 30.9 Å². The summed E-state index contributed by atoms with van der Waals surface area (Å²) in [6.45, 7) is 2.92. The van der Waals surface area contributed by atoms with Crippen molar-refractivity contribution in [2.45, 2.75) is 25.9 Å². The quantitative estimate of drug-likeness (QED) is 0.779. The Balaban J connectivity index is 0.00000225. The van der Waals surface area contributed by atoms with Gasteiger partial charge in [-0.3, -0.25) is 15.1 Å². The van der Waals surface area contributed by atoms with Crippen molar-refractivity contribution in [1.29, 1.82) is 0 Å². The third-order valence-corrected chi connectivity index (χ3v) is 4.26. The molecule has 1 unspecified atom stereocenters. The van der Waals surface area contributed by atoms with Crippen molar-refractivity contribution in [3.63, 3.8) is 0 Å². The van der Waals surface area contributed by atoms with E-state index in [4.69, 9.17) is 4.99 Å². The van der Waals surface area contributed by atoms with Crippen molar-refractivity contribution >= 4 is 17.3 Å². The number of fused-ring (bicyclic) bond motifs is 1. The SMILES string of the molecule is CCCCNC1N=C(c2ccccc2)c2ccccc2N(C)C1=O.[Cl-]. The molecule has 4 nitrogen and oxygen atoms in total. The van der Waals surface area contributed by atoms with Crippen molar-refractivity contribution in [2.75, 3.05) is 18.5 Å². The molecule has 1 atom stereocenters. The molecule has 3 rings (SSSR count). The number of nitrogens with one attached hydrogen (secondary N) is 1. The zero-order valence-electron chi connectivity index (χ0n) is 14.6. The van der Waals surface area contributed by atoms with E-state index in [1.807, 2.05) is 61.6 Å². The lowest BCUT2D eigenvalue weighted by Gasteiger charge is -2.20. The van der Waals surface area contributed by atoms with Crippen molar-refractivity contribution in [3.05, 3.63) is 65.7 Å². The first-order valence-electron chi connectivity index (χ1n) is 8.46. The fourth-order valence-corrected chi connectivity index (χ4v) is 2.90. The second-order valence-electron chi connectivity index (χ2n) is 5.97. The third kappa shape index (κ3) is 4.09. The number of anilines is 1. The average Bonchev–Trinajstić information content (AvgIpc) is 2.73. The summed E-state index contributed by atoms with van der Waals surface area (Å²) in [7, 11) is 1.82. The minimum atomic E-state index is -0.552. The van der Waals surface area contributed by atoms with Crippen LogP contribution in [0.2, 0.25) is 0 Å². The molecule has 25 heavy (non-hydrogen) atoms. The highest BCUT2D eigenvalue weighted by Gasteiger charge is 2.29. The minimum Gasteiger partial charge on any atom is -1.00 e. The van der Waals surface area contributed by atoms with E-state index >= 15 is 0 Å². The van der Waals surface area contributed by atoms with Crippen LogP contribution in [0.5, 0.6) is 0 Å². The van der Waals surface area contributed by atoms with Crippen molar-refractivity contribution in [1.82, 2.24) is 5.32 Å². The maximum Gasteiger partial charge on any atom is 0.266 e. The number of unbranched alkanes of at least 4 members (excludes halogenated alkanes) is 1. The zero-order valence-corrected chi connectivity index (χ0v) is 15.3. The molecule has 1 amide bonds. The topological polar surface area (TPSA) is 44.7 Å². The van der Waals surface area contributed by atoms with Crippen LogP contribution in [0.3, 0.4) is 0 Å². The van der Waals surface area contributed by atoms with Gasteiger partial charge in [0.05, 0.1) is 11.4 Å². The van der Waals surface area contributed by atoms with E-state index in [-0.39, 0.29) is 18.3 Å². The number of halogens is 1. The van der Waals surface area contributed by atoms with Crippen LogP contribution < -0.4 is 22.6 Å². The van der Waals surface area contributed by atoms with E-state index in [0.29, 0.717) is 0 Å². The summed E-state index contributed by atoms with van der Waals surface area (Å²) in [5, 5.41) is 3.30. The molecule has 0 aliphatic carbocycles. The first-order valence-corrected chi connectivity index (χ1v) is 8.46. The maximum atomic E-state index is 12.8. The smallest absolute Gasteiger partial charge is 0.266 e. The van der Waals surface area contributed by atoms with Crippen molar-refractivity contribution in [2.24, 2.45) is 4.99 Å². The van der Waals surface area contributed by atoms with E-state index in [1.54, 1.807) is 4.90 Å². The monoisotopic (exact) mass is 356 g/mol. The Hall–Kier alpha value is -2.17. The summed E-state index contributed by atoms with van der Waals surface area (Å²) in [6, 6.07) is 18.0. The number of carbonyl (C=O) groups excluding carboxylic acids is 1. The van der Waals surface area contributed by atoms with Gasteiger partial charge in [-0.25, -0.2) is 0 Å². The van der Waals surface area contributed by atoms with Crippen LogP contribution in [0.25, 0.3) is 0 Å². The van der Waals surface area contributed by atoms with Gasteiger partial charge < -0.3 is 17.3 Å². The van der Waals surface area contributed by atoms with Crippen LogP contribution in [0, 0.1) is 0 Å². The fourth-order valence-electron chi connectivity index (χ4n) is 2.90. The van der Waals surface area contributed by atoms with Gasteiger partial charge in [0.25, 0.3) is 5.91 Å². The molecule has 0 fully saturated rings. The Labute approximate surface area is 155 Å². The number of para-hydroxylation sites is 1. The highest BCUT2D eigenvalue weighted by molar-refractivity contribution is 6.19. The van der Waals surface area contributed by atoms with Gasteiger partial charge in [0.15, 0.2) is 6.17 Å². The van der Waals surface area contributed by atoms with E-state index in [9.17, 15) is 4.79 Å². The van der Waals surface area contributed by atoms with Crippen LogP contribution in [0.15, 0.2) is 59.6 Å².